The van der Waals surface area contributed by atoms with Gasteiger partial charge in [-0.1, -0.05) is 77.9 Å². The molecule has 3 aromatic carbocycles. The molecule has 0 bridgehead atoms. The van der Waals surface area contributed by atoms with E-state index in [0.29, 0.717) is 5.92 Å². The average molecular weight is 270 g/mol. The van der Waals surface area contributed by atoms with Crippen LogP contribution in [-0.4, -0.2) is 0 Å². The van der Waals surface area contributed by atoms with Crippen LogP contribution < -0.4 is 0 Å². The van der Waals surface area contributed by atoms with E-state index in [2.05, 4.69) is 80.6 Å². The van der Waals surface area contributed by atoms with Crippen molar-refractivity contribution in [2.75, 3.05) is 0 Å². The zero-order valence-electron chi connectivity index (χ0n) is 12.4. The zero-order valence-corrected chi connectivity index (χ0v) is 12.4. The van der Waals surface area contributed by atoms with E-state index in [-0.39, 0.29) is 0 Å². The first kappa shape index (κ1) is 12.4. The number of hydrogen-bond donors (Lipinski definition) is 0. The van der Waals surface area contributed by atoms with Gasteiger partial charge < -0.3 is 0 Å². The molecule has 0 heterocycles. The van der Waals surface area contributed by atoms with Crippen molar-refractivity contribution < 1.29 is 0 Å². The summed E-state index contributed by atoms with van der Waals surface area (Å²) in [5, 5.41) is 0. The Morgan fingerprint density at radius 1 is 0.619 bits per heavy atom. The van der Waals surface area contributed by atoms with E-state index in [1.165, 1.54) is 38.9 Å². The first-order valence-corrected chi connectivity index (χ1v) is 7.50. The molecule has 0 heteroatoms. The van der Waals surface area contributed by atoms with E-state index in [4.69, 9.17) is 0 Å². The van der Waals surface area contributed by atoms with Gasteiger partial charge in [-0.2, -0.15) is 0 Å². The van der Waals surface area contributed by atoms with Crippen molar-refractivity contribution in [2.45, 2.75) is 19.8 Å². The Morgan fingerprint density at radius 2 is 1.10 bits per heavy atom. The molecule has 0 N–H and O–H groups in total. The summed E-state index contributed by atoms with van der Waals surface area (Å²) in [6, 6.07) is 24.5. The van der Waals surface area contributed by atoms with Crippen molar-refractivity contribution in [1.29, 1.82) is 0 Å². The molecule has 0 unspecified atom stereocenters. The topological polar surface area (TPSA) is 0 Å². The fraction of sp³-hybridized carbons (Fsp3) is 0.143. The summed E-state index contributed by atoms with van der Waals surface area (Å²) in [5.41, 5.74) is 9.73. The smallest absolute Gasteiger partial charge is 0.0352 e. The number of hydrogen-bond acceptors (Lipinski definition) is 0. The Labute approximate surface area is 126 Å². The first-order valence-electron chi connectivity index (χ1n) is 7.50. The molecule has 21 heavy (non-hydrogen) atoms. The summed E-state index contributed by atoms with van der Waals surface area (Å²) in [6.45, 7) is 4.37. The van der Waals surface area contributed by atoms with Crippen molar-refractivity contribution in [2.24, 2.45) is 0 Å². The molecular formula is C21H18. The van der Waals surface area contributed by atoms with Gasteiger partial charge in [0.1, 0.15) is 0 Å². The largest absolute Gasteiger partial charge is 0.0619 e. The van der Waals surface area contributed by atoms with E-state index < -0.39 is 0 Å². The Bertz CT molecular complexity index is 761. The molecule has 102 valence electrons. The van der Waals surface area contributed by atoms with Crippen LogP contribution in [0.15, 0.2) is 66.7 Å². The molecule has 0 fully saturated rings. The van der Waals surface area contributed by atoms with Crippen molar-refractivity contribution >= 4 is 0 Å². The van der Waals surface area contributed by atoms with E-state index in [9.17, 15) is 0 Å². The number of benzene rings is 3. The Morgan fingerprint density at radius 3 is 1.62 bits per heavy atom. The molecular weight excluding hydrogens is 252 g/mol. The second kappa shape index (κ2) is 4.60. The van der Waals surface area contributed by atoms with Gasteiger partial charge in [-0.05, 0) is 41.7 Å². The van der Waals surface area contributed by atoms with Crippen LogP contribution in [0.3, 0.4) is 0 Å². The van der Waals surface area contributed by atoms with Crippen LogP contribution >= 0.6 is 0 Å². The molecule has 4 rings (SSSR count). The van der Waals surface area contributed by atoms with E-state index in [0.717, 1.165) is 0 Å². The molecule has 0 atom stereocenters. The highest BCUT2D eigenvalue weighted by Crippen LogP contribution is 2.47. The summed E-state index contributed by atoms with van der Waals surface area (Å²) in [4.78, 5) is 0. The molecule has 0 saturated heterocycles. The molecule has 0 saturated carbocycles. The fourth-order valence-electron chi connectivity index (χ4n) is 3.69. The third-order valence-corrected chi connectivity index (χ3v) is 4.41. The van der Waals surface area contributed by atoms with Gasteiger partial charge in [0.15, 0.2) is 0 Å². The number of aryl methyl sites for hydroxylation is 2. The lowest BCUT2D eigenvalue weighted by Gasteiger charge is -2.16. The minimum atomic E-state index is 0.371. The summed E-state index contributed by atoms with van der Waals surface area (Å²) in [6.07, 6.45) is 0. The molecule has 0 spiro atoms. The Balaban J connectivity index is 2.00. The second-order valence-electron chi connectivity index (χ2n) is 6.03. The predicted octanol–water partition coefficient (Wildman–Crippen LogP) is 5.46. The highest BCUT2D eigenvalue weighted by molar-refractivity contribution is 5.80. The highest BCUT2D eigenvalue weighted by atomic mass is 14.3. The van der Waals surface area contributed by atoms with Gasteiger partial charge in [-0.15, -0.1) is 0 Å². The summed E-state index contributed by atoms with van der Waals surface area (Å²) in [5.74, 6) is 0.371. The monoisotopic (exact) mass is 270 g/mol. The maximum absolute atomic E-state index is 2.33. The van der Waals surface area contributed by atoms with E-state index >= 15 is 0 Å². The van der Waals surface area contributed by atoms with Gasteiger partial charge in [-0.25, -0.2) is 0 Å². The van der Waals surface area contributed by atoms with Crippen molar-refractivity contribution in [1.82, 2.24) is 0 Å². The predicted molar refractivity (Wildman–Crippen MR) is 88.7 cm³/mol. The average Bonchev–Trinajstić information content (AvgIpc) is 2.81. The van der Waals surface area contributed by atoms with Crippen LogP contribution in [0.4, 0.5) is 0 Å². The fourth-order valence-corrected chi connectivity index (χ4v) is 3.69. The summed E-state index contributed by atoms with van der Waals surface area (Å²) >= 11 is 0. The minimum Gasteiger partial charge on any atom is -0.0619 e. The molecule has 0 aromatic heterocycles. The molecule has 0 nitrogen and oxygen atoms in total. The maximum Gasteiger partial charge on any atom is 0.0352 e. The Hall–Kier alpha value is -2.34. The highest BCUT2D eigenvalue weighted by Gasteiger charge is 2.29. The van der Waals surface area contributed by atoms with Crippen LogP contribution in [-0.2, 0) is 0 Å². The normalized spacial score (nSPS) is 13.0. The van der Waals surface area contributed by atoms with Crippen LogP contribution in [0.1, 0.15) is 33.7 Å². The van der Waals surface area contributed by atoms with Crippen molar-refractivity contribution in [3.63, 3.8) is 0 Å². The lowest BCUT2D eigenvalue weighted by molar-refractivity contribution is 1.01. The molecule has 1 aliphatic carbocycles. The van der Waals surface area contributed by atoms with Crippen LogP contribution in [0.2, 0.25) is 0 Å². The van der Waals surface area contributed by atoms with Gasteiger partial charge >= 0.3 is 0 Å². The lowest BCUT2D eigenvalue weighted by Crippen LogP contribution is -2.00. The van der Waals surface area contributed by atoms with Crippen molar-refractivity contribution in [3.05, 3.63) is 94.5 Å². The maximum atomic E-state index is 2.33. The standard InChI is InChI=1S/C21H18/c1-14-11-15(2)13-16(12-14)21-19-9-5-3-7-17(19)18-8-4-6-10-20(18)21/h3-13,21H,1-2H3. The summed E-state index contributed by atoms with van der Waals surface area (Å²) < 4.78 is 0. The van der Waals surface area contributed by atoms with Gasteiger partial charge in [0, 0.05) is 5.92 Å². The van der Waals surface area contributed by atoms with Crippen LogP contribution in [0.25, 0.3) is 11.1 Å². The second-order valence-corrected chi connectivity index (χ2v) is 6.03. The van der Waals surface area contributed by atoms with E-state index in [1.807, 2.05) is 0 Å². The van der Waals surface area contributed by atoms with Gasteiger partial charge in [-0.3, -0.25) is 0 Å². The number of fused-ring (bicyclic) bond motifs is 3. The third kappa shape index (κ3) is 1.91. The number of rotatable bonds is 1. The van der Waals surface area contributed by atoms with Crippen LogP contribution in [0, 0.1) is 13.8 Å². The van der Waals surface area contributed by atoms with E-state index in [1.54, 1.807) is 0 Å². The first-order chi connectivity index (χ1) is 10.2. The van der Waals surface area contributed by atoms with Crippen molar-refractivity contribution in [3.8, 4) is 11.1 Å². The SMILES string of the molecule is Cc1cc(C)cc(C2c3ccccc3-c3ccccc32)c1. The lowest BCUT2D eigenvalue weighted by atomic mass is 9.88. The van der Waals surface area contributed by atoms with Gasteiger partial charge in [0.2, 0.25) is 0 Å². The summed E-state index contributed by atoms with van der Waals surface area (Å²) in [7, 11) is 0. The third-order valence-electron chi connectivity index (χ3n) is 4.41. The quantitative estimate of drug-likeness (QED) is 0.430. The molecule has 0 amide bonds. The molecule has 0 aliphatic heterocycles. The molecule has 0 radical (unpaired) electrons. The minimum absolute atomic E-state index is 0.371. The molecule has 3 aromatic rings. The van der Waals surface area contributed by atoms with Gasteiger partial charge in [0.25, 0.3) is 0 Å². The molecule has 1 aliphatic rings. The zero-order chi connectivity index (χ0) is 14.4. The van der Waals surface area contributed by atoms with Crippen LogP contribution in [0.5, 0.6) is 0 Å². The van der Waals surface area contributed by atoms with Gasteiger partial charge in [0.05, 0.1) is 0 Å². The Kier molecular flexibility index (Phi) is 2.71.